The standard InChI is InChI=1S/C13H19N3O3/c1-3-15-11(17)7-8-16-10-6-4-5-9(12(10)14)13(18)19-2/h4-6,16H,3,7-8,14H2,1-2H3,(H,15,17). The van der Waals surface area contributed by atoms with Crippen molar-refractivity contribution >= 4 is 23.3 Å². The zero-order chi connectivity index (χ0) is 14.3. The Labute approximate surface area is 112 Å². The van der Waals surface area contributed by atoms with Gasteiger partial charge in [-0.25, -0.2) is 4.79 Å². The third-order valence-electron chi connectivity index (χ3n) is 2.55. The first-order valence-electron chi connectivity index (χ1n) is 6.07. The molecule has 0 aliphatic heterocycles. The van der Waals surface area contributed by atoms with Gasteiger partial charge in [0.15, 0.2) is 0 Å². The molecule has 1 aromatic rings. The number of hydrogen-bond donors (Lipinski definition) is 3. The minimum absolute atomic E-state index is 0.0299. The molecule has 0 unspecified atom stereocenters. The Kier molecular flexibility index (Phi) is 5.66. The molecule has 0 fully saturated rings. The van der Waals surface area contributed by atoms with E-state index >= 15 is 0 Å². The molecule has 4 N–H and O–H groups in total. The highest BCUT2D eigenvalue weighted by Gasteiger charge is 2.12. The number of anilines is 2. The van der Waals surface area contributed by atoms with Crippen molar-refractivity contribution in [3.05, 3.63) is 23.8 Å². The predicted octanol–water partition coefficient (Wildman–Crippen LogP) is 0.993. The number of carbonyl (C=O) groups is 2. The average Bonchev–Trinajstić information content (AvgIpc) is 2.40. The maximum atomic E-state index is 11.5. The summed E-state index contributed by atoms with van der Waals surface area (Å²) in [5.74, 6) is -0.512. The van der Waals surface area contributed by atoms with Crippen LogP contribution < -0.4 is 16.4 Å². The molecule has 104 valence electrons. The molecule has 1 amide bonds. The Morgan fingerprint density at radius 1 is 1.37 bits per heavy atom. The lowest BCUT2D eigenvalue weighted by Crippen LogP contribution is -2.24. The number of rotatable bonds is 6. The van der Waals surface area contributed by atoms with Crippen LogP contribution in [-0.4, -0.2) is 32.1 Å². The van der Waals surface area contributed by atoms with E-state index in [1.165, 1.54) is 7.11 Å². The second kappa shape index (κ2) is 7.25. The number of para-hydroxylation sites is 1. The molecule has 0 heterocycles. The van der Waals surface area contributed by atoms with E-state index in [4.69, 9.17) is 5.73 Å². The van der Waals surface area contributed by atoms with Crippen molar-refractivity contribution in [2.24, 2.45) is 0 Å². The van der Waals surface area contributed by atoms with Crippen molar-refractivity contribution < 1.29 is 14.3 Å². The van der Waals surface area contributed by atoms with Gasteiger partial charge in [-0.15, -0.1) is 0 Å². The first kappa shape index (κ1) is 14.8. The zero-order valence-corrected chi connectivity index (χ0v) is 11.2. The number of esters is 1. The lowest BCUT2D eigenvalue weighted by Gasteiger charge is -2.11. The van der Waals surface area contributed by atoms with Crippen LogP contribution in [0.4, 0.5) is 11.4 Å². The van der Waals surface area contributed by atoms with Gasteiger partial charge in [0.25, 0.3) is 0 Å². The van der Waals surface area contributed by atoms with Crippen molar-refractivity contribution in [1.29, 1.82) is 0 Å². The van der Waals surface area contributed by atoms with E-state index in [1.807, 2.05) is 6.92 Å². The van der Waals surface area contributed by atoms with E-state index in [0.29, 0.717) is 36.4 Å². The van der Waals surface area contributed by atoms with Crippen LogP contribution in [-0.2, 0) is 9.53 Å². The van der Waals surface area contributed by atoms with E-state index in [-0.39, 0.29) is 5.91 Å². The molecule has 1 aromatic carbocycles. The fourth-order valence-electron chi connectivity index (χ4n) is 1.60. The monoisotopic (exact) mass is 265 g/mol. The highest BCUT2D eigenvalue weighted by Crippen LogP contribution is 2.23. The zero-order valence-electron chi connectivity index (χ0n) is 11.2. The Balaban J connectivity index is 2.64. The fourth-order valence-corrected chi connectivity index (χ4v) is 1.60. The number of hydrogen-bond acceptors (Lipinski definition) is 5. The van der Waals surface area contributed by atoms with Crippen LogP contribution in [0.25, 0.3) is 0 Å². The normalized spacial score (nSPS) is 9.79. The van der Waals surface area contributed by atoms with E-state index in [0.717, 1.165) is 0 Å². The third kappa shape index (κ3) is 4.17. The second-order valence-corrected chi connectivity index (χ2v) is 3.89. The van der Waals surface area contributed by atoms with Crippen LogP contribution >= 0.6 is 0 Å². The molecule has 19 heavy (non-hydrogen) atoms. The molecular formula is C13H19N3O3. The largest absolute Gasteiger partial charge is 0.465 e. The maximum Gasteiger partial charge on any atom is 0.340 e. The van der Waals surface area contributed by atoms with Crippen LogP contribution in [0.1, 0.15) is 23.7 Å². The lowest BCUT2D eigenvalue weighted by atomic mass is 10.1. The number of nitrogens with one attached hydrogen (secondary N) is 2. The Morgan fingerprint density at radius 3 is 2.74 bits per heavy atom. The summed E-state index contributed by atoms with van der Waals surface area (Å²) in [5.41, 5.74) is 7.12. The van der Waals surface area contributed by atoms with Gasteiger partial charge in [-0.2, -0.15) is 0 Å². The van der Waals surface area contributed by atoms with Crippen molar-refractivity contribution in [3.63, 3.8) is 0 Å². The van der Waals surface area contributed by atoms with Crippen molar-refractivity contribution in [1.82, 2.24) is 5.32 Å². The number of methoxy groups -OCH3 is 1. The highest BCUT2D eigenvalue weighted by atomic mass is 16.5. The van der Waals surface area contributed by atoms with E-state index in [2.05, 4.69) is 15.4 Å². The SMILES string of the molecule is CCNC(=O)CCNc1cccc(C(=O)OC)c1N. The van der Waals surface area contributed by atoms with Crippen LogP contribution in [0.2, 0.25) is 0 Å². The molecule has 0 spiro atoms. The summed E-state index contributed by atoms with van der Waals surface area (Å²) in [6.45, 7) is 2.92. The van der Waals surface area contributed by atoms with Gasteiger partial charge < -0.3 is 21.1 Å². The van der Waals surface area contributed by atoms with Crippen LogP contribution in [0.5, 0.6) is 0 Å². The van der Waals surface area contributed by atoms with Gasteiger partial charge in [-0.1, -0.05) is 6.07 Å². The molecule has 0 aromatic heterocycles. The topological polar surface area (TPSA) is 93.5 Å². The van der Waals surface area contributed by atoms with E-state index in [1.54, 1.807) is 18.2 Å². The summed E-state index contributed by atoms with van der Waals surface area (Å²) in [6.07, 6.45) is 0.343. The predicted molar refractivity (Wildman–Crippen MR) is 74.0 cm³/mol. The lowest BCUT2D eigenvalue weighted by molar-refractivity contribution is -0.120. The summed E-state index contributed by atoms with van der Waals surface area (Å²) in [7, 11) is 1.30. The maximum absolute atomic E-state index is 11.5. The average molecular weight is 265 g/mol. The van der Waals surface area contributed by atoms with Gasteiger partial charge >= 0.3 is 5.97 Å². The van der Waals surface area contributed by atoms with Crippen LogP contribution in [0, 0.1) is 0 Å². The van der Waals surface area contributed by atoms with Gasteiger partial charge in [-0.05, 0) is 19.1 Å². The Bertz CT molecular complexity index is 460. The Morgan fingerprint density at radius 2 is 2.11 bits per heavy atom. The van der Waals surface area contributed by atoms with Crippen LogP contribution in [0.15, 0.2) is 18.2 Å². The number of ether oxygens (including phenoxy) is 1. The van der Waals surface area contributed by atoms with E-state index < -0.39 is 5.97 Å². The van der Waals surface area contributed by atoms with Gasteiger partial charge in [0.2, 0.25) is 5.91 Å². The molecule has 0 aliphatic rings. The number of benzene rings is 1. The number of nitrogen functional groups attached to an aromatic ring is 1. The van der Waals surface area contributed by atoms with Crippen molar-refractivity contribution in [3.8, 4) is 0 Å². The number of carbonyl (C=O) groups excluding carboxylic acids is 2. The molecule has 0 saturated carbocycles. The van der Waals surface area contributed by atoms with Gasteiger partial charge in [0.05, 0.1) is 24.0 Å². The molecule has 0 radical (unpaired) electrons. The minimum Gasteiger partial charge on any atom is -0.465 e. The smallest absolute Gasteiger partial charge is 0.340 e. The first-order chi connectivity index (χ1) is 9.10. The van der Waals surface area contributed by atoms with Gasteiger partial charge in [0.1, 0.15) is 0 Å². The van der Waals surface area contributed by atoms with E-state index in [9.17, 15) is 9.59 Å². The molecule has 0 aliphatic carbocycles. The summed E-state index contributed by atoms with van der Waals surface area (Å²) in [6, 6.07) is 5.05. The summed E-state index contributed by atoms with van der Waals surface area (Å²) < 4.78 is 4.64. The van der Waals surface area contributed by atoms with Crippen molar-refractivity contribution in [2.75, 3.05) is 31.2 Å². The third-order valence-corrected chi connectivity index (χ3v) is 2.55. The summed E-state index contributed by atoms with van der Waals surface area (Å²) >= 11 is 0. The second-order valence-electron chi connectivity index (χ2n) is 3.89. The molecule has 0 atom stereocenters. The highest BCUT2D eigenvalue weighted by molar-refractivity contribution is 5.98. The first-order valence-corrected chi connectivity index (χ1v) is 6.07. The molecule has 6 heteroatoms. The quantitative estimate of drug-likeness (QED) is 0.527. The summed E-state index contributed by atoms with van der Waals surface area (Å²) in [4.78, 5) is 22.7. The van der Waals surface area contributed by atoms with Gasteiger partial charge in [-0.3, -0.25) is 4.79 Å². The fraction of sp³-hybridized carbons (Fsp3) is 0.385. The molecular weight excluding hydrogens is 246 g/mol. The molecule has 0 saturated heterocycles. The Hall–Kier alpha value is -2.24. The molecule has 6 nitrogen and oxygen atoms in total. The molecule has 0 bridgehead atoms. The minimum atomic E-state index is -0.482. The number of amides is 1. The van der Waals surface area contributed by atoms with Gasteiger partial charge in [0, 0.05) is 19.5 Å². The van der Waals surface area contributed by atoms with Crippen molar-refractivity contribution in [2.45, 2.75) is 13.3 Å². The molecule has 1 rings (SSSR count). The summed E-state index contributed by atoms with van der Waals surface area (Å²) in [5, 5.41) is 5.73. The van der Waals surface area contributed by atoms with Crippen LogP contribution in [0.3, 0.4) is 0 Å². The number of nitrogens with two attached hydrogens (primary N) is 1.